The maximum atomic E-state index is 12.8. The van der Waals surface area contributed by atoms with Crippen LogP contribution in [0.15, 0.2) is 48.8 Å². The lowest BCUT2D eigenvalue weighted by Crippen LogP contribution is -2.36. The molecule has 0 radical (unpaired) electrons. The predicted octanol–water partition coefficient (Wildman–Crippen LogP) is 7.33. The monoisotopic (exact) mass is 554 g/mol. The molecule has 40 heavy (non-hydrogen) atoms. The van der Waals surface area contributed by atoms with Crippen molar-refractivity contribution in [2.75, 3.05) is 13.1 Å². The summed E-state index contributed by atoms with van der Waals surface area (Å²) in [6.07, 6.45) is 7.69. The first kappa shape index (κ1) is 25.3. The fourth-order valence-corrected chi connectivity index (χ4v) is 7.12. The lowest BCUT2D eigenvalue weighted by atomic mass is 10.1. The minimum atomic E-state index is -0.521. The Morgan fingerprint density at radius 3 is 2.20 bits per heavy atom. The molecule has 0 saturated carbocycles. The number of hydrogen-bond donors (Lipinski definition) is 3. The highest BCUT2D eigenvalue weighted by atomic mass is 32.1. The van der Waals surface area contributed by atoms with Crippen LogP contribution in [0.2, 0.25) is 0 Å². The van der Waals surface area contributed by atoms with Gasteiger partial charge in [0.1, 0.15) is 17.2 Å². The summed E-state index contributed by atoms with van der Waals surface area (Å²) in [6.45, 7) is 7.43. The van der Waals surface area contributed by atoms with Gasteiger partial charge in [0.05, 0.1) is 35.9 Å². The van der Waals surface area contributed by atoms with Crippen LogP contribution in [0.3, 0.4) is 0 Å². The van der Waals surface area contributed by atoms with Crippen LogP contribution in [0, 0.1) is 0 Å². The highest BCUT2D eigenvalue weighted by Gasteiger charge is 2.34. The molecule has 7 rings (SSSR count). The lowest BCUT2D eigenvalue weighted by Gasteiger charge is -2.27. The van der Waals surface area contributed by atoms with Crippen LogP contribution in [0.4, 0.5) is 4.79 Å². The highest BCUT2D eigenvalue weighted by molar-refractivity contribution is 7.25. The second-order valence-electron chi connectivity index (χ2n) is 11.9. The number of H-pyrrole nitrogens is 2. The standard InChI is InChI=1S/C31H34N6O2S/c1-31(2,3)39-30(38)37-13-5-7-25(37)29-34-17-24(36-29)19-9-11-21-20-10-8-18(14-26(20)40-27(21)15-19)23-16-33-28(35-23)22-6-4-12-32-22/h8-11,14-17,22,25,32H,4-7,12-13H2,1-3H3,(H,33,35)(H,34,36). The smallest absolute Gasteiger partial charge is 0.410 e. The summed E-state index contributed by atoms with van der Waals surface area (Å²) in [5.41, 5.74) is 3.73. The van der Waals surface area contributed by atoms with Crippen molar-refractivity contribution in [3.05, 3.63) is 60.4 Å². The summed E-state index contributed by atoms with van der Waals surface area (Å²) in [5.74, 6) is 1.84. The van der Waals surface area contributed by atoms with Gasteiger partial charge in [-0.15, -0.1) is 11.3 Å². The molecule has 2 unspecified atom stereocenters. The number of benzene rings is 2. The number of carbonyl (C=O) groups excluding carboxylic acids is 1. The number of aromatic amines is 2. The van der Waals surface area contributed by atoms with Gasteiger partial charge in [0.2, 0.25) is 0 Å². The number of carbonyl (C=O) groups is 1. The van der Waals surface area contributed by atoms with E-state index >= 15 is 0 Å². The number of nitrogens with zero attached hydrogens (tertiary/aromatic N) is 3. The quantitative estimate of drug-likeness (QED) is 0.216. The van der Waals surface area contributed by atoms with Crippen LogP contribution in [-0.4, -0.2) is 49.6 Å². The third kappa shape index (κ3) is 4.67. The number of aromatic nitrogens is 4. The molecule has 9 heteroatoms. The third-order valence-corrected chi connectivity index (χ3v) is 8.99. The molecule has 206 valence electrons. The molecular formula is C31H34N6O2S. The minimum Gasteiger partial charge on any atom is -0.444 e. The van der Waals surface area contributed by atoms with Gasteiger partial charge in [0.25, 0.3) is 0 Å². The predicted molar refractivity (Wildman–Crippen MR) is 159 cm³/mol. The van der Waals surface area contributed by atoms with Crippen LogP contribution >= 0.6 is 11.3 Å². The largest absolute Gasteiger partial charge is 0.444 e. The van der Waals surface area contributed by atoms with Gasteiger partial charge >= 0.3 is 6.09 Å². The van der Waals surface area contributed by atoms with Crippen molar-refractivity contribution in [1.82, 2.24) is 30.2 Å². The molecule has 5 heterocycles. The van der Waals surface area contributed by atoms with Gasteiger partial charge in [0, 0.05) is 37.8 Å². The van der Waals surface area contributed by atoms with Crippen LogP contribution in [-0.2, 0) is 4.74 Å². The van der Waals surface area contributed by atoms with Gasteiger partial charge in [-0.25, -0.2) is 14.8 Å². The van der Waals surface area contributed by atoms with Crippen molar-refractivity contribution in [3.8, 4) is 22.5 Å². The van der Waals surface area contributed by atoms with E-state index in [4.69, 9.17) is 4.74 Å². The highest BCUT2D eigenvalue weighted by Crippen LogP contribution is 2.39. The Kier molecular flexibility index (Phi) is 6.16. The molecule has 2 aromatic carbocycles. The molecule has 1 amide bonds. The Morgan fingerprint density at radius 1 is 0.925 bits per heavy atom. The molecule has 5 aromatic rings. The Hall–Kier alpha value is -3.69. The number of fused-ring (bicyclic) bond motifs is 3. The molecule has 0 bridgehead atoms. The van der Waals surface area contributed by atoms with E-state index in [1.54, 1.807) is 16.2 Å². The Labute approximate surface area is 237 Å². The van der Waals surface area contributed by atoms with Crippen molar-refractivity contribution in [2.45, 2.75) is 64.1 Å². The van der Waals surface area contributed by atoms with E-state index < -0.39 is 5.60 Å². The zero-order valence-electron chi connectivity index (χ0n) is 23.1. The first-order valence-corrected chi connectivity index (χ1v) is 14.9. The second-order valence-corrected chi connectivity index (χ2v) is 13.0. The molecule has 0 aliphatic carbocycles. The van der Waals surface area contributed by atoms with Gasteiger partial charge in [-0.1, -0.05) is 24.3 Å². The number of nitrogens with one attached hydrogen (secondary N) is 3. The van der Waals surface area contributed by atoms with Gasteiger partial charge in [-0.3, -0.25) is 4.90 Å². The minimum absolute atomic E-state index is 0.0949. The fraction of sp³-hybridized carbons (Fsp3) is 0.387. The van der Waals surface area contributed by atoms with E-state index in [0.717, 1.165) is 60.0 Å². The first-order chi connectivity index (χ1) is 19.3. The van der Waals surface area contributed by atoms with Crippen LogP contribution in [0.1, 0.15) is 70.2 Å². The number of likely N-dealkylation sites (tertiary alicyclic amines) is 1. The molecule has 2 fully saturated rings. The lowest BCUT2D eigenvalue weighted by molar-refractivity contribution is 0.0218. The molecule has 0 spiro atoms. The number of ether oxygens (including phenoxy) is 1. The summed E-state index contributed by atoms with van der Waals surface area (Å²) in [7, 11) is 0. The second kappa shape index (κ2) is 9.74. The zero-order valence-corrected chi connectivity index (χ0v) is 23.9. The number of rotatable bonds is 4. The molecular weight excluding hydrogens is 520 g/mol. The Balaban J connectivity index is 1.15. The van der Waals surface area contributed by atoms with Crippen molar-refractivity contribution in [1.29, 1.82) is 0 Å². The number of imidazole rings is 2. The molecule has 8 nitrogen and oxygen atoms in total. The van der Waals surface area contributed by atoms with Gasteiger partial charge in [-0.2, -0.15) is 0 Å². The number of hydrogen-bond acceptors (Lipinski definition) is 6. The van der Waals surface area contributed by atoms with Crippen molar-refractivity contribution >= 4 is 37.6 Å². The van der Waals surface area contributed by atoms with E-state index in [9.17, 15) is 4.79 Å². The number of amides is 1. The molecule has 3 N–H and O–H groups in total. The van der Waals surface area contributed by atoms with Crippen LogP contribution in [0.25, 0.3) is 42.7 Å². The molecule has 3 aromatic heterocycles. The third-order valence-electron chi connectivity index (χ3n) is 7.87. The Bertz CT molecular complexity index is 1700. The Morgan fingerprint density at radius 2 is 1.57 bits per heavy atom. The van der Waals surface area contributed by atoms with Crippen molar-refractivity contribution in [3.63, 3.8) is 0 Å². The zero-order chi connectivity index (χ0) is 27.4. The average molecular weight is 555 g/mol. The first-order valence-electron chi connectivity index (χ1n) is 14.1. The van der Waals surface area contributed by atoms with E-state index in [-0.39, 0.29) is 12.1 Å². The maximum Gasteiger partial charge on any atom is 0.410 e. The summed E-state index contributed by atoms with van der Waals surface area (Å²) in [5, 5.41) is 6.03. The number of thiophene rings is 1. The van der Waals surface area contributed by atoms with E-state index in [1.165, 1.54) is 26.6 Å². The van der Waals surface area contributed by atoms with Crippen molar-refractivity contribution < 1.29 is 9.53 Å². The SMILES string of the molecule is CC(C)(C)OC(=O)N1CCCC1c1ncc(-c2ccc3c(c2)sc2cc(-c4cnc(C5CCCN5)[nH]4)ccc23)[nH]1. The summed E-state index contributed by atoms with van der Waals surface area (Å²) in [6, 6.07) is 13.5. The van der Waals surface area contributed by atoms with E-state index in [0.29, 0.717) is 12.6 Å². The summed E-state index contributed by atoms with van der Waals surface area (Å²) >= 11 is 1.80. The van der Waals surface area contributed by atoms with Gasteiger partial charge in [-0.05, 0) is 65.1 Å². The van der Waals surface area contributed by atoms with Gasteiger partial charge in [0.15, 0.2) is 0 Å². The topological polar surface area (TPSA) is 98.9 Å². The molecule has 2 atom stereocenters. The fourth-order valence-electron chi connectivity index (χ4n) is 5.93. The van der Waals surface area contributed by atoms with Crippen LogP contribution < -0.4 is 5.32 Å². The van der Waals surface area contributed by atoms with Gasteiger partial charge < -0.3 is 20.0 Å². The molecule has 2 aliphatic rings. The van der Waals surface area contributed by atoms with E-state index in [1.807, 2.05) is 33.2 Å². The van der Waals surface area contributed by atoms with E-state index in [2.05, 4.69) is 61.7 Å². The summed E-state index contributed by atoms with van der Waals surface area (Å²) in [4.78, 5) is 31.0. The maximum absolute atomic E-state index is 12.8. The average Bonchev–Trinajstić information content (AvgIpc) is 3.76. The molecule has 2 aliphatic heterocycles. The summed E-state index contributed by atoms with van der Waals surface area (Å²) < 4.78 is 8.13. The normalized spacial score (nSPS) is 19.7. The molecule has 2 saturated heterocycles. The van der Waals surface area contributed by atoms with Crippen molar-refractivity contribution in [2.24, 2.45) is 0 Å². The van der Waals surface area contributed by atoms with Crippen LogP contribution in [0.5, 0.6) is 0 Å².